The van der Waals surface area contributed by atoms with Crippen molar-refractivity contribution in [3.8, 4) is 0 Å². The molecule has 4 saturated heterocycles. The first-order valence-electron chi connectivity index (χ1n) is 18.6. The fourth-order valence-corrected chi connectivity index (χ4v) is 8.84. The van der Waals surface area contributed by atoms with E-state index in [2.05, 4.69) is 22.4 Å². The summed E-state index contributed by atoms with van der Waals surface area (Å²) in [6.07, 6.45) is 7.82. The van der Waals surface area contributed by atoms with Crippen LogP contribution in [0.25, 0.3) is 5.57 Å². The van der Waals surface area contributed by atoms with Gasteiger partial charge in [-0.1, -0.05) is 13.0 Å². The van der Waals surface area contributed by atoms with Crippen molar-refractivity contribution < 1.29 is 27.9 Å². The highest BCUT2D eigenvalue weighted by Crippen LogP contribution is 2.36. The molecular formula is C37H51F2N7O4. The van der Waals surface area contributed by atoms with Gasteiger partial charge >= 0.3 is 0 Å². The Balaban J connectivity index is 1.13. The molecule has 1 saturated carbocycles. The van der Waals surface area contributed by atoms with E-state index < -0.39 is 29.7 Å². The predicted molar refractivity (Wildman–Crippen MR) is 185 cm³/mol. The lowest BCUT2D eigenvalue weighted by molar-refractivity contribution is -0.148. The smallest absolute Gasteiger partial charge is 0.252 e. The van der Waals surface area contributed by atoms with Crippen LogP contribution < -0.4 is 5.43 Å². The van der Waals surface area contributed by atoms with E-state index in [0.717, 1.165) is 51.3 Å². The van der Waals surface area contributed by atoms with Crippen LogP contribution in [0.1, 0.15) is 63.9 Å². The first-order chi connectivity index (χ1) is 24.2. The SMILES string of the molecule is CC1CCC(N(C(=O)[C@@H]2CCCO2)[C@H]2C[C@@H](C(=O)N3CCN(C)CC3)N(C(=O)[C@H]3CCN(C4=NNCC=C4c4ccc(F)cc4F)C3)C2)CC1. The number of halogens is 2. The molecule has 1 aliphatic carbocycles. The van der Waals surface area contributed by atoms with Gasteiger partial charge in [-0.25, -0.2) is 8.78 Å². The number of hydrogen-bond acceptors (Lipinski definition) is 8. The number of hydrazone groups is 1. The van der Waals surface area contributed by atoms with E-state index in [-0.39, 0.29) is 35.4 Å². The Labute approximate surface area is 293 Å². The van der Waals surface area contributed by atoms with E-state index in [1.807, 2.05) is 27.8 Å². The summed E-state index contributed by atoms with van der Waals surface area (Å²) in [7, 11) is 2.05. The number of amidine groups is 1. The highest BCUT2D eigenvalue weighted by Gasteiger charge is 2.49. The van der Waals surface area contributed by atoms with Crippen LogP contribution in [0.5, 0.6) is 0 Å². The normalized spacial score (nSPS) is 30.6. The number of carbonyl (C=O) groups is 3. The number of likely N-dealkylation sites (N-methyl/N-ethyl adjacent to an activating group) is 1. The zero-order valence-electron chi connectivity index (χ0n) is 29.4. The number of likely N-dealkylation sites (tertiary alicyclic amines) is 2. The van der Waals surface area contributed by atoms with Crippen molar-refractivity contribution in [1.29, 1.82) is 0 Å². The molecule has 5 heterocycles. The maximum atomic E-state index is 14.9. The molecule has 13 heteroatoms. The van der Waals surface area contributed by atoms with Crippen LogP contribution in [0.4, 0.5) is 8.78 Å². The molecule has 0 unspecified atom stereocenters. The van der Waals surface area contributed by atoms with Crippen molar-refractivity contribution in [3.05, 3.63) is 41.5 Å². The number of rotatable bonds is 6. The molecule has 1 aromatic carbocycles. The van der Waals surface area contributed by atoms with Gasteiger partial charge in [-0.2, -0.15) is 5.10 Å². The summed E-state index contributed by atoms with van der Waals surface area (Å²) < 4.78 is 34.5. The van der Waals surface area contributed by atoms with Crippen LogP contribution in [0.2, 0.25) is 0 Å². The molecule has 0 bridgehead atoms. The molecule has 50 heavy (non-hydrogen) atoms. The minimum atomic E-state index is -0.666. The average Bonchev–Trinajstić information content (AvgIpc) is 3.91. The summed E-state index contributed by atoms with van der Waals surface area (Å²) in [5.74, 6) is -0.710. The predicted octanol–water partition coefficient (Wildman–Crippen LogP) is 2.92. The highest BCUT2D eigenvalue weighted by molar-refractivity contribution is 6.23. The lowest BCUT2D eigenvalue weighted by atomic mass is 9.85. The van der Waals surface area contributed by atoms with Crippen LogP contribution in [-0.2, 0) is 19.1 Å². The Bertz CT molecular complexity index is 1500. The Morgan fingerprint density at radius 3 is 2.44 bits per heavy atom. The van der Waals surface area contributed by atoms with Crippen molar-refractivity contribution in [2.75, 3.05) is 66.0 Å². The van der Waals surface area contributed by atoms with Crippen molar-refractivity contribution in [1.82, 2.24) is 29.9 Å². The molecule has 0 radical (unpaired) electrons. The van der Waals surface area contributed by atoms with Crippen molar-refractivity contribution >= 4 is 29.1 Å². The second kappa shape index (κ2) is 15.0. The molecule has 272 valence electrons. The van der Waals surface area contributed by atoms with Gasteiger partial charge in [0, 0.05) is 75.7 Å². The summed E-state index contributed by atoms with van der Waals surface area (Å²) in [4.78, 5) is 53.0. The van der Waals surface area contributed by atoms with Crippen LogP contribution in [0.15, 0.2) is 29.4 Å². The third kappa shape index (κ3) is 7.12. The van der Waals surface area contributed by atoms with Crippen LogP contribution >= 0.6 is 0 Å². The molecule has 0 spiro atoms. The van der Waals surface area contributed by atoms with Crippen molar-refractivity contribution in [2.45, 2.75) is 82.5 Å². The summed E-state index contributed by atoms with van der Waals surface area (Å²) in [6.45, 7) is 7.21. The molecule has 7 rings (SSSR count). The Hall–Kier alpha value is -3.58. The van der Waals surface area contributed by atoms with E-state index in [1.54, 1.807) is 4.90 Å². The quantitative estimate of drug-likeness (QED) is 0.489. The Morgan fingerprint density at radius 2 is 1.72 bits per heavy atom. The van der Waals surface area contributed by atoms with Gasteiger partial charge in [-0.15, -0.1) is 0 Å². The number of ether oxygens (including phenoxy) is 1. The zero-order chi connectivity index (χ0) is 34.9. The topological polar surface area (TPSA) is 101 Å². The van der Waals surface area contributed by atoms with Crippen LogP contribution in [0.3, 0.4) is 0 Å². The number of nitrogens with one attached hydrogen (secondary N) is 1. The molecule has 1 aromatic rings. The second-order valence-corrected chi connectivity index (χ2v) is 15.2. The van der Waals surface area contributed by atoms with Crippen LogP contribution in [0, 0.1) is 23.5 Å². The molecule has 1 N–H and O–H groups in total. The molecule has 0 aromatic heterocycles. The minimum absolute atomic E-state index is 0.00865. The molecule has 4 atom stereocenters. The van der Waals surface area contributed by atoms with Gasteiger partial charge in [0.25, 0.3) is 5.91 Å². The van der Waals surface area contributed by atoms with Crippen molar-refractivity contribution in [2.24, 2.45) is 16.9 Å². The number of hydrogen-bond donors (Lipinski definition) is 1. The van der Waals surface area contributed by atoms with E-state index in [0.29, 0.717) is 82.5 Å². The number of carbonyl (C=O) groups excluding carboxylic acids is 3. The van der Waals surface area contributed by atoms with Gasteiger partial charge in [0.2, 0.25) is 11.8 Å². The fourth-order valence-electron chi connectivity index (χ4n) is 8.84. The molecule has 11 nitrogen and oxygen atoms in total. The Morgan fingerprint density at radius 1 is 0.940 bits per heavy atom. The summed E-state index contributed by atoms with van der Waals surface area (Å²) in [5, 5.41) is 4.50. The first-order valence-corrected chi connectivity index (χ1v) is 18.6. The third-order valence-corrected chi connectivity index (χ3v) is 11.8. The first kappa shape index (κ1) is 34.9. The largest absolute Gasteiger partial charge is 0.368 e. The van der Waals surface area contributed by atoms with Gasteiger partial charge in [0.05, 0.1) is 18.5 Å². The number of benzene rings is 1. The minimum Gasteiger partial charge on any atom is -0.368 e. The molecular weight excluding hydrogens is 644 g/mol. The fraction of sp³-hybridized carbons (Fsp3) is 0.676. The third-order valence-electron chi connectivity index (χ3n) is 11.8. The Kier molecular flexibility index (Phi) is 10.4. The molecule has 5 aliphatic heterocycles. The van der Waals surface area contributed by atoms with E-state index >= 15 is 0 Å². The van der Waals surface area contributed by atoms with Crippen LogP contribution in [-0.4, -0.2) is 138 Å². The monoisotopic (exact) mass is 695 g/mol. The van der Waals surface area contributed by atoms with E-state index in [9.17, 15) is 23.2 Å². The number of nitrogens with zero attached hydrogens (tertiary/aromatic N) is 6. The lowest BCUT2D eigenvalue weighted by Gasteiger charge is -2.41. The van der Waals surface area contributed by atoms with E-state index in [1.165, 1.54) is 12.1 Å². The molecule has 6 aliphatic rings. The van der Waals surface area contributed by atoms with Gasteiger partial charge in [0.15, 0.2) is 5.84 Å². The second-order valence-electron chi connectivity index (χ2n) is 15.2. The number of amides is 3. The van der Waals surface area contributed by atoms with Gasteiger partial charge in [0.1, 0.15) is 23.8 Å². The molecule has 5 fully saturated rings. The van der Waals surface area contributed by atoms with Gasteiger partial charge < -0.3 is 34.7 Å². The van der Waals surface area contributed by atoms with Gasteiger partial charge in [-0.3, -0.25) is 14.4 Å². The summed E-state index contributed by atoms with van der Waals surface area (Å²) in [6, 6.07) is 2.68. The maximum absolute atomic E-state index is 14.9. The summed E-state index contributed by atoms with van der Waals surface area (Å²) >= 11 is 0. The molecule has 3 amide bonds. The summed E-state index contributed by atoms with van der Waals surface area (Å²) in [5.41, 5.74) is 3.78. The van der Waals surface area contributed by atoms with Gasteiger partial charge in [-0.05, 0) is 76.5 Å². The zero-order valence-corrected chi connectivity index (χ0v) is 29.4. The highest BCUT2D eigenvalue weighted by atomic mass is 19.1. The number of piperazine rings is 1. The van der Waals surface area contributed by atoms with E-state index in [4.69, 9.17) is 4.74 Å². The standard InChI is InChI=1S/C37H51F2N7O4/c1-24-5-8-27(9-6-24)46(37(49)33-4-3-19-50-33)28-21-32(36(48)43-17-15-42(2)16-18-43)45(23-28)35(47)25-12-14-44(22-25)34-30(11-13-40-41-34)29-10-7-26(38)20-31(29)39/h7,10-11,20,24-25,27-28,32-33,40H,3-6,8-9,12-19,21-23H2,1-2H3/t24?,25-,27?,28-,32-,33-/m0/s1. The van der Waals surface area contributed by atoms with Crippen molar-refractivity contribution in [3.63, 3.8) is 0 Å². The maximum Gasteiger partial charge on any atom is 0.252 e. The lowest BCUT2D eigenvalue weighted by Crippen LogP contribution is -2.54. The average molecular weight is 696 g/mol.